The fourth-order valence-corrected chi connectivity index (χ4v) is 4.59. The molecule has 3 heterocycles. The number of hydrogen-bond acceptors (Lipinski definition) is 5. The third-order valence-electron chi connectivity index (χ3n) is 6.42. The molecule has 1 N–H and O–H groups in total. The molecule has 7 nitrogen and oxygen atoms in total. The average Bonchev–Trinajstić information content (AvgIpc) is 3.47. The summed E-state index contributed by atoms with van der Waals surface area (Å²) in [5.74, 6) is 0.412. The zero-order chi connectivity index (χ0) is 25.2. The highest BCUT2D eigenvalue weighted by Gasteiger charge is 2.22. The number of nitrogens with zero attached hydrogens (tertiary/aromatic N) is 5. The van der Waals surface area contributed by atoms with Gasteiger partial charge < -0.3 is 5.32 Å². The van der Waals surface area contributed by atoms with E-state index in [4.69, 9.17) is 4.98 Å². The largest absolute Gasteiger partial charge is 0.324 e. The molecule has 37 heavy (non-hydrogen) atoms. The molecule has 7 heteroatoms. The van der Waals surface area contributed by atoms with Gasteiger partial charge >= 0.3 is 0 Å². The lowest BCUT2D eigenvalue weighted by Crippen LogP contribution is -2.27. The molecule has 0 saturated carbocycles. The molecule has 6 rings (SSSR count). The quantitative estimate of drug-likeness (QED) is 0.330. The molecule has 0 saturated heterocycles. The Labute approximate surface area is 213 Å². The van der Waals surface area contributed by atoms with E-state index in [2.05, 4.69) is 34.5 Å². The van der Waals surface area contributed by atoms with Crippen LogP contribution in [0.25, 0.3) is 16.7 Å². The van der Waals surface area contributed by atoms with Gasteiger partial charge in [0.15, 0.2) is 0 Å². The van der Waals surface area contributed by atoms with Crippen molar-refractivity contribution in [3.05, 3.63) is 143 Å². The maximum Gasteiger partial charge on any atom is 0.253 e. The van der Waals surface area contributed by atoms with Gasteiger partial charge in [0.1, 0.15) is 5.65 Å². The average molecular weight is 485 g/mol. The van der Waals surface area contributed by atoms with Crippen LogP contribution in [0.15, 0.2) is 120 Å². The van der Waals surface area contributed by atoms with Gasteiger partial charge in [-0.3, -0.25) is 9.36 Å². The molecule has 0 aliphatic carbocycles. The number of fused-ring (bicyclic) bond motifs is 1. The SMILES string of the molecule is Cc1ccccc1C(c1ccccc1)n1c(=O)ccc2cnc(Nc3ccc(-n4cccn4)cc3)nc21. The zero-order valence-corrected chi connectivity index (χ0v) is 20.2. The van der Waals surface area contributed by atoms with Gasteiger partial charge in [0, 0.05) is 35.7 Å². The molecule has 0 amide bonds. The van der Waals surface area contributed by atoms with Gasteiger partial charge in [-0.1, -0.05) is 54.6 Å². The van der Waals surface area contributed by atoms with E-state index in [1.165, 1.54) is 0 Å². The molecule has 0 aliphatic heterocycles. The maximum atomic E-state index is 13.4. The Morgan fingerprint density at radius 3 is 2.38 bits per heavy atom. The predicted octanol–water partition coefficient (Wildman–Crippen LogP) is 5.67. The lowest BCUT2D eigenvalue weighted by atomic mass is 9.94. The van der Waals surface area contributed by atoms with Crippen molar-refractivity contribution in [3.8, 4) is 5.69 Å². The van der Waals surface area contributed by atoms with Crippen molar-refractivity contribution >= 4 is 22.7 Å². The van der Waals surface area contributed by atoms with Gasteiger partial charge in [-0.15, -0.1) is 0 Å². The molecule has 0 bridgehead atoms. The summed E-state index contributed by atoms with van der Waals surface area (Å²) in [6, 6.07) is 30.9. The molecule has 1 atom stereocenters. The Kier molecular flexibility index (Phi) is 5.78. The van der Waals surface area contributed by atoms with Crippen LogP contribution in [0.1, 0.15) is 22.7 Å². The summed E-state index contributed by atoms with van der Waals surface area (Å²) in [7, 11) is 0. The minimum Gasteiger partial charge on any atom is -0.324 e. The number of nitrogens with one attached hydrogen (secondary N) is 1. The van der Waals surface area contributed by atoms with E-state index in [0.717, 1.165) is 33.5 Å². The fraction of sp³-hybridized carbons (Fsp3) is 0.0667. The van der Waals surface area contributed by atoms with E-state index in [1.807, 2.05) is 79.0 Å². The molecule has 180 valence electrons. The van der Waals surface area contributed by atoms with Gasteiger partial charge in [-0.05, 0) is 60.0 Å². The summed E-state index contributed by atoms with van der Waals surface area (Å²) < 4.78 is 3.56. The third-order valence-corrected chi connectivity index (χ3v) is 6.42. The molecule has 6 aromatic rings. The third kappa shape index (κ3) is 4.38. The smallest absolute Gasteiger partial charge is 0.253 e. The molecule has 0 fully saturated rings. The number of hydrogen-bond donors (Lipinski definition) is 1. The molecular weight excluding hydrogens is 460 g/mol. The Morgan fingerprint density at radius 2 is 1.62 bits per heavy atom. The number of benzene rings is 3. The van der Waals surface area contributed by atoms with E-state index >= 15 is 0 Å². The van der Waals surface area contributed by atoms with Gasteiger partial charge in [-0.2, -0.15) is 10.1 Å². The molecule has 3 aromatic heterocycles. The van der Waals surface area contributed by atoms with Gasteiger partial charge in [0.05, 0.1) is 11.7 Å². The monoisotopic (exact) mass is 484 g/mol. The van der Waals surface area contributed by atoms with Crippen LogP contribution in [0, 0.1) is 6.92 Å². The van der Waals surface area contributed by atoms with E-state index < -0.39 is 0 Å². The Balaban J connectivity index is 1.45. The molecule has 0 radical (unpaired) electrons. The van der Waals surface area contributed by atoms with E-state index in [0.29, 0.717) is 11.6 Å². The number of rotatable bonds is 6. The van der Waals surface area contributed by atoms with E-state index in [1.54, 1.807) is 33.8 Å². The highest BCUT2D eigenvalue weighted by molar-refractivity contribution is 5.76. The Hall–Kier alpha value is -5.04. The summed E-state index contributed by atoms with van der Waals surface area (Å²) in [6.45, 7) is 2.07. The summed E-state index contributed by atoms with van der Waals surface area (Å²) >= 11 is 0. The van der Waals surface area contributed by atoms with Crippen molar-refractivity contribution in [2.24, 2.45) is 0 Å². The zero-order valence-electron chi connectivity index (χ0n) is 20.2. The summed E-state index contributed by atoms with van der Waals surface area (Å²) in [4.78, 5) is 22.8. The van der Waals surface area contributed by atoms with Gasteiger partial charge in [0.25, 0.3) is 5.56 Å². The lowest BCUT2D eigenvalue weighted by molar-refractivity contribution is 0.665. The van der Waals surface area contributed by atoms with Crippen molar-refractivity contribution in [2.75, 3.05) is 5.32 Å². The van der Waals surface area contributed by atoms with Gasteiger partial charge in [-0.25, -0.2) is 9.67 Å². The van der Waals surface area contributed by atoms with Crippen LogP contribution in [0.3, 0.4) is 0 Å². The first-order chi connectivity index (χ1) is 18.2. The maximum absolute atomic E-state index is 13.4. The Morgan fingerprint density at radius 1 is 0.838 bits per heavy atom. The first kappa shape index (κ1) is 22.4. The van der Waals surface area contributed by atoms with Crippen molar-refractivity contribution in [3.63, 3.8) is 0 Å². The molecule has 0 aliphatic rings. The highest BCUT2D eigenvalue weighted by Crippen LogP contribution is 2.30. The molecular formula is C30H24N6O. The fourth-order valence-electron chi connectivity index (χ4n) is 4.59. The van der Waals surface area contributed by atoms with Crippen LogP contribution in [-0.4, -0.2) is 24.3 Å². The lowest BCUT2D eigenvalue weighted by Gasteiger charge is -2.24. The van der Waals surface area contributed by atoms with E-state index in [9.17, 15) is 4.79 Å². The Bertz CT molecular complexity index is 1720. The highest BCUT2D eigenvalue weighted by atomic mass is 16.1. The normalized spacial score (nSPS) is 11.9. The van der Waals surface area contributed by atoms with Crippen molar-refractivity contribution in [1.82, 2.24) is 24.3 Å². The minimum absolute atomic E-state index is 0.127. The number of anilines is 2. The predicted molar refractivity (Wildman–Crippen MR) is 146 cm³/mol. The van der Waals surface area contributed by atoms with Crippen LogP contribution in [0.2, 0.25) is 0 Å². The minimum atomic E-state index is -0.338. The molecule has 3 aromatic carbocycles. The second-order valence-corrected chi connectivity index (χ2v) is 8.81. The first-order valence-corrected chi connectivity index (χ1v) is 12.0. The molecule has 0 spiro atoms. The van der Waals surface area contributed by atoms with Crippen LogP contribution in [0.5, 0.6) is 0 Å². The summed E-state index contributed by atoms with van der Waals surface area (Å²) in [5.41, 5.74) is 5.38. The number of aromatic nitrogens is 5. The first-order valence-electron chi connectivity index (χ1n) is 12.0. The second kappa shape index (κ2) is 9.54. The second-order valence-electron chi connectivity index (χ2n) is 8.81. The van der Waals surface area contributed by atoms with Crippen molar-refractivity contribution < 1.29 is 0 Å². The number of aryl methyl sites for hydroxylation is 1. The van der Waals surface area contributed by atoms with Crippen LogP contribution in [-0.2, 0) is 0 Å². The van der Waals surface area contributed by atoms with Crippen LogP contribution in [0.4, 0.5) is 11.6 Å². The summed E-state index contributed by atoms with van der Waals surface area (Å²) in [5, 5.41) is 8.33. The van der Waals surface area contributed by atoms with Crippen LogP contribution >= 0.6 is 0 Å². The van der Waals surface area contributed by atoms with Crippen LogP contribution < -0.4 is 10.9 Å². The molecule has 1 unspecified atom stereocenters. The number of pyridine rings is 1. The van der Waals surface area contributed by atoms with Crippen molar-refractivity contribution in [1.29, 1.82) is 0 Å². The summed E-state index contributed by atoms with van der Waals surface area (Å²) in [6.07, 6.45) is 5.39. The van der Waals surface area contributed by atoms with Crippen molar-refractivity contribution in [2.45, 2.75) is 13.0 Å². The topological polar surface area (TPSA) is 77.6 Å². The van der Waals surface area contributed by atoms with E-state index in [-0.39, 0.29) is 11.6 Å². The van der Waals surface area contributed by atoms with Gasteiger partial charge in [0.2, 0.25) is 5.95 Å². The standard InChI is InChI=1S/C30H24N6O/c1-21-8-5-6-11-26(21)28(22-9-3-2-4-10-22)36-27(37)17-12-23-20-31-30(34-29(23)36)33-24-13-15-25(16-14-24)35-19-7-18-32-35/h2-20,28H,1H3,(H,31,33,34).